The van der Waals surface area contributed by atoms with E-state index in [0.717, 1.165) is 55.4 Å². The zero-order chi connectivity index (χ0) is 17.8. The fraction of sp³-hybridized carbons (Fsp3) is 0.526. The molecule has 6 heteroatoms. The van der Waals surface area contributed by atoms with Crippen LogP contribution in [-0.2, 0) is 6.54 Å². The van der Waals surface area contributed by atoms with Crippen LogP contribution in [0, 0.1) is 0 Å². The first kappa shape index (κ1) is 17.8. The average Bonchev–Trinajstić information content (AvgIpc) is 2.97. The van der Waals surface area contributed by atoms with Gasteiger partial charge < -0.3 is 25.2 Å². The van der Waals surface area contributed by atoms with Crippen molar-refractivity contribution >= 4 is 22.6 Å². The molecule has 1 aliphatic carbocycles. The van der Waals surface area contributed by atoms with Gasteiger partial charge in [0.1, 0.15) is 0 Å². The average molecular weight is 344 g/mol. The van der Waals surface area contributed by atoms with Crippen LogP contribution in [0.1, 0.15) is 25.7 Å². The number of likely N-dealkylation sites (N-methyl/N-ethyl adjacent to an activating group) is 1. The molecule has 0 saturated heterocycles. The second-order valence-corrected chi connectivity index (χ2v) is 7.14. The highest BCUT2D eigenvalue weighted by Gasteiger charge is 2.24. The van der Waals surface area contributed by atoms with Gasteiger partial charge >= 0.3 is 6.03 Å². The van der Waals surface area contributed by atoms with Gasteiger partial charge in [-0.2, -0.15) is 0 Å². The number of nitrogens with one attached hydrogen (secondary N) is 2. The van der Waals surface area contributed by atoms with Crippen LogP contribution >= 0.6 is 0 Å². The molecule has 25 heavy (non-hydrogen) atoms. The summed E-state index contributed by atoms with van der Waals surface area (Å²) in [4.78, 5) is 14.4. The minimum absolute atomic E-state index is 0.149. The highest BCUT2D eigenvalue weighted by Crippen LogP contribution is 2.21. The third kappa shape index (κ3) is 4.52. The summed E-state index contributed by atoms with van der Waals surface area (Å²) in [5.41, 5.74) is 1.93. The normalized spacial score (nSPS) is 20.8. The third-order valence-electron chi connectivity index (χ3n) is 4.86. The lowest BCUT2D eigenvalue weighted by Gasteiger charge is -2.28. The third-order valence-corrected chi connectivity index (χ3v) is 4.86. The maximum Gasteiger partial charge on any atom is 0.319 e. The van der Waals surface area contributed by atoms with E-state index in [9.17, 15) is 9.90 Å². The van der Waals surface area contributed by atoms with Crippen molar-refractivity contribution in [1.29, 1.82) is 0 Å². The molecule has 1 aromatic carbocycles. The lowest BCUT2D eigenvalue weighted by molar-refractivity contribution is 0.0955. The van der Waals surface area contributed by atoms with Gasteiger partial charge in [-0.15, -0.1) is 0 Å². The van der Waals surface area contributed by atoms with E-state index in [1.54, 1.807) is 0 Å². The Balaban J connectivity index is 1.62. The van der Waals surface area contributed by atoms with Crippen molar-refractivity contribution in [1.82, 2.24) is 14.8 Å². The van der Waals surface area contributed by atoms with Crippen LogP contribution in [0.25, 0.3) is 10.9 Å². The lowest BCUT2D eigenvalue weighted by Crippen LogP contribution is -2.46. The van der Waals surface area contributed by atoms with Crippen LogP contribution in [0.2, 0.25) is 0 Å². The number of nitrogens with zero attached hydrogens (tertiary/aromatic N) is 2. The summed E-state index contributed by atoms with van der Waals surface area (Å²) in [5.74, 6) is 0. The Morgan fingerprint density at radius 2 is 2.08 bits per heavy atom. The van der Waals surface area contributed by atoms with E-state index < -0.39 is 6.10 Å². The van der Waals surface area contributed by atoms with E-state index in [0.29, 0.717) is 0 Å². The molecule has 1 aliphatic rings. The van der Waals surface area contributed by atoms with Crippen molar-refractivity contribution in [3.05, 3.63) is 30.5 Å². The molecule has 0 bridgehead atoms. The molecule has 2 atom stereocenters. The summed E-state index contributed by atoms with van der Waals surface area (Å²) in [6.07, 6.45) is 5.32. The maximum atomic E-state index is 12.2. The highest BCUT2D eigenvalue weighted by molar-refractivity contribution is 5.93. The van der Waals surface area contributed by atoms with Gasteiger partial charge in [-0.1, -0.05) is 12.8 Å². The van der Waals surface area contributed by atoms with Crippen LogP contribution in [0.3, 0.4) is 0 Å². The number of aliphatic hydroxyl groups excluding tert-OH is 1. The number of aliphatic hydroxyl groups is 1. The zero-order valence-electron chi connectivity index (χ0n) is 15.0. The molecular formula is C19H28N4O2. The molecule has 136 valence electrons. The van der Waals surface area contributed by atoms with Gasteiger partial charge in [0.25, 0.3) is 0 Å². The molecular weight excluding hydrogens is 316 g/mol. The highest BCUT2D eigenvalue weighted by atomic mass is 16.3. The Bertz CT molecular complexity index is 725. The molecule has 3 rings (SSSR count). The van der Waals surface area contributed by atoms with E-state index in [1.165, 1.54) is 0 Å². The fourth-order valence-electron chi connectivity index (χ4n) is 3.40. The minimum Gasteiger partial charge on any atom is -0.391 e. The van der Waals surface area contributed by atoms with E-state index in [1.807, 2.05) is 18.2 Å². The minimum atomic E-state index is -0.437. The van der Waals surface area contributed by atoms with Gasteiger partial charge in [-0.05, 0) is 51.2 Å². The van der Waals surface area contributed by atoms with Crippen molar-refractivity contribution in [2.45, 2.75) is 44.4 Å². The smallest absolute Gasteiger partial charge is 0.319 e. The van der Waals surface area contributed by atoms with E-state index >= 15 is 0 Å². The number of rotatable bonds is 5. The number of benzene rings is 1. The molecule has 3 N–H and O–H groups in total. The molecule has 1 heterocycles. The molecule has 2 amide bonds. The SMILES string of the molecule is CN(C)CCn1ccc2cc(NC(=O)N[C@H]3CCCC[C@H]3O)ccc21. The Morgan fingerprint density at radius 3 is 2.84 bits per heavy atom. The van der Waals surface area contributed by atoms with Gasteiger partial charge in [0.05, 0.1) is 12.1 Å². The van der Waals surface area contributed by atoms with Crippen LogP contribution in [0.5, 0.6) is 0 Å². The first-order valence-electron chi connectivity index (χ1n) is 9.02. The predicted molar refractivity (Wildman–Crippen MR) is 101 cm³/mol. The van der Waals surface area contributed by atoms with Gasteiger partial charge in [-0.3, -0.25) is 0 Å². The number of amides is 2. The second-order valence-electron chi connectivity index (χ2n) is 7.14. The van der Waals surface area contributed by atoms with Crippen LogP contribution in [-0.4, -0.2) is 53.4 Å². The molecule has 0 radical (unpaired) electrons. The van der Waals surface area contributed by atoms with E-state index in [4.69, 9.17) is 0 Å². The summed E-state index contributed by atoms with van der Waals surface area (Å²) in [6.45, 7) is 1.92. The quantitative estimate of drug-likeness (QED) is 0.781. The largest absolute Gasteiger partial charge is 0.391 e. The number of fused-ring (bicyclic) bond motifs is 1. The van der Waals surface area contributed by atoms with Gasteiger partial charge in [0, 0.05) is 35.9 Å². The lowest BCUT2D eigenvalue weighted by atomic mass is 9.93. The number of urea groups is 1. The molecule has 1 saturated carbocycles. The van der Waals surface area contributed by atoms with Gasteiger partial charge in [-0.25, -0.2) is 4.79 Å². The predicted octanol–water partition coefficient (Wildman–Crippen LogP) is 2.63. The summed E-state index contributed by atoms with van der Waals surface area (Å²) in [5, 5.41) is 16.8. The molecule has 0 unspecified atom stereocenters. The number of carbonyl (C=O) groups excluding carboxylic acids is 1. The van der Waals surface area contributed by atoms with Crippen molar-refractivity contribution in [2.75, 3.05) is 26.0 Å². The number of carbonyl (C=O) groups is 1. The van der Waals surface area contributed by atoms with Crippen molar-refractivity contribution in [3.8, 4) is 0 Å². The van der Waals surface area contributed by atoms with Crippen molar-refractivity contribution in [2.24, 2.45) is 0 Å². The first-order chi connectivity index (χ1) is 12.0. The van der Waals surface area contributed by atoms with Gasteiger partial charge in [0.2, 0.25) is 0 Å². The number of hydrogen-bond donors (Lipinski definition) is 3. The summed E-state index contributed by atoms with van der Waals surface area (Å²) >= 11 is 0. The maximum absolute atomic E-state index is 12.2. The van der Waals surface area contributed by atoms with Crippen LogP contribution in [0.15, 0.2) is 30.5 Å². The Morgan fingerprint density at radius 1 is 1.28 bits per heavy atom. The Labute approximate surface area is 148 Å². The van der Waals surface area contributed by atoms with E-state index in [-0.39, 0.29) is 12.1 Å². The monoisotopic (exact) mass is 344 g/mol. The van der Waals surface area contributed by atoms with Gasteiger partial charge in [0.15, 0.2) is 0 Å². The fourth-order valence-corrected chi connectivity index (χ4v) is 3.40. The Kier molecular flexibility index (Phi) is 5.60. The van der Waals surface area contributed by atoms with Crippen molar-refractivity contribution < 1.29 is 9.90 Å². The van der Waals surface area contributed by atoms with Crippen LogP contribution < -0.4 is 10.6 Å². The summed E-state index contributed by atoms with van der Waals surface area (Å²) < 4.78 is 2.22. The van der Waals surface area contributed by atoms with Crippen LogP contribution in [0.4, 0.5) is 10.5 Å². The van der Waals surface area contributed by atoms with E-state index in [2.05, 4.69) is 46.5 Å². The molecule has 6 nitrogen and oxygen atoms in total. The summed E-state index contributed by atoms with van der Waals surface area (Å²) in [7, 11) is 4.13. The topological polar surface area (TPSA) is 69.5 Å². The molecule has 0 spiro atoms. The number of hydrogen-bond acceptors (Lipinski definition) is 3. The second kappa shape index (κ2) is 7.89. The molecule has 2 aromatic rings. The number of anilines is 1. The Hall–Kier alpha value is -2.05. The molecule has 1 aromatic heterocycles. The molecule has 1 fully saturated rings. The standard InChI is InChI=1S/C19H28N4O2/c1-22(2)11-12-23-10-9-14-13-15(7-8-17(14)23)20-19(25)21-16-5-3-4-6-18(16)24/h7-10,13,16,18,24H,3-6,11-12H2,1-2H3,(H2,20,21,25)/t16-,18+/m0/s1. The zero-order valence-corrected chi connectivity index (χ0v) is 15.0. The number of aromatic nitrogens is 1. The van der Waals surface area contributed by atoms with Crippen molar-refractivity contribution in [3.63, 3.8) is 0 Å². The molecule has 0 aliphatic heterocycles. The first-order valence-corrected chi connectivity index (χ1v) is 9.02. The summed E-state index contributed by atoms with van der Waals surface area (Å²) in [6, 6.07) is 7.61.